The van der Waals surface area contributed by atoms with Crippen molar-refractivity contribution in [2.75, 3.05) is 6.61 Å². The van der Waals surface area contributed by atoms with Gasteiger partial charge in [-0.05, 0) is 12.8 Å². The van der Waals surface area contributed by atoms with Crippen molar-refractivity contribution >= 4 is 5.91 Å². The number of aliphatic hydroxyl groups is 3. The van der Waals surface area contributed by atoms with E-state index in [1.807, 2.05) is 0 Å². The fourth-order valence-electron chi connectivity index (χ4n) is 7.72. The van der Waals surface area contributed by atoms with Gasteiger partial charge in [0, 0.05) is 0 Å². The fraction of sp³-hybridized carbons (Fsp3) is 0.979. The van der Waals surface area contributed by atoms with Crippen molar-refractivity contribution in [1.29, 1.82) is 0 Å². The minimum Gasteiger partial charge on any atom is -0.394 e. The van der Waals surface area contributed by atoms with Gasteiger partial charge in [0.15, 0.2) is 0 Å². The lowest BCUT2D eigenvalue weighted by atomic mass is 10.0. The van der Waals surface area contributed by atoms with E-state index in [9.17, 15) is 20.1 Å². The summed E-state index contributed by atoms with van der Waals surface area (Å²) in [6.07, 6.45) is 49.8. The smallest absolute Gasteiger partial charge is 0.249 e. The van der Waals surface area contributed by atoms with Crippen LogP contribution in [0.1, 0.15) is 271 Å². The van der Waals surface area contributed by atoms with E-state index in [1.165, 1.54) is 212 Å². The van der Waals surface area contributed by atoms with Crippen LogP contribution < -0.4 is 5.32 Å². The molecule has 0 bridgehead atoms. The van der Waals surface area contributed by atoms with Crippen LogP contribution in [0.15, 0.2) is 0 Å². The van der Waals surface area contributed by atoms with Crippen molar-refractivity contribution in [3.05, 3.63) is 0 Å². The van der Waals surface area contributed by atoms with Crippen LogP contribution in [-0.4, -0.2) is 46.1 Å². The molecule has 5 heteroatoms. The third-order valence-corrected chi connectivity index (χ3v) is 11.5. The van der Waals surface area contributed by atoms with Crippen LogP contribution in [0.3, 0.4) is 0 Å². The molecule has 52 heavy (non-hydrogen) atoms. The van der Waals surface area contributed by atoms with Crippen LogP contribution >= 0.6 is 0 Å². The average Bonchev–Trinajstić information content (AvgIpc) is 3.15. The van der Waals surface area contributed by atoms with Gasteiger partial charge in [-0.25, -0.2) is 0 Å². The van der Waals surface area contributed by atoms with Gasteiger partial charge < -0.3 is 20.6 Å². The maximum absolute atomic E-state index is 12.5. The van der Waals surface area contributed by atoms with E-state index in [4.69, 9.17) is 0 Å². The first-order valence-corrected chi connectivity index (χ1v) is 23.8. The van der Waals surface area contributed by atoms with Crippen LogP contribution in [0.25, 0.3) is 0 Å². The summed E-state index contributed by atoms with van der Waals surface area (Å²) >= 11 is 0. The topological polar surface area (TPSA) is 89.8 Å². The predicted molar refractivity (Wildman–Crippen MR) is 227 cm³/mol. The minimum absolute atomic E-state index is 0.308. The lowest BCUT2D eigenvalue weighted by Crippen LogP contribution is -2.49. The van der Waals surface area contributed by atoms with Gasteiger partial charge in [-0.1, -0.05) is 258 Å². The first-order chi connectivity index (χ1) is 25.6. The van der Waals surface area contributed by atoms with Crippen molar-refractivity contribution in [2.24, 2.45) is 0 Å². The molecule has 4 N–H and O–H groups in total. The third kappa shape index (κ3) is 37.7. The molecular weight excluding hydrogens is 643 g/mol. The van der Waals surface area contributed by atoms with Gasteiger partial charge in [-0.15, -0.1) is 0 Å². The normalized spacial score (nSPS) is 13.4. The monoisotopic (exact) mass is 738 g/mol. The largest absolute Gasteiger partial charge is 0.394 e. The number of aliphatic hydroxyl groups excluding tert-OH is 3. The van der Waals surface area contributed by atoms with E-state index in [0.29, 0.717) is 12.8 Å². The number of nitrogens with one attached hydrogen (secondary N) is 1. The molecule has 0 saturated carbocycles. The van der Waals surface area contributed by atoms with Gasteiger partial charge >= 0.3 is 0 Å². The molecule has 0 aliphatic heterocycles. The lowest BCUT2D eigenvalue weighted by molar-refractivity contribution is -0.131. The van der Waals surface area contributed by atoms with E-state index < -0.39 is 24.2 Å². The van der Waals surface area contributed by atoms with Gasteiger partial charge in [0.25, 0.3) is 0 Å². The van der Waals surface area contributed by atoms with Crippen LogP contribution in [0.5, 0.6) is 0 Å². The Bertz CT molecular complexity index is 688. The molecule has 0 saturated heterocycles. The average molecular weight is 738 g/mol. The summed E-state index contributed by atoms with van der Waals surface area (Å²) < 4.78 is 0. The second-order valence-electron chi connectivity index (χ2n) is 16.7. The highest BCUT2D eigenvalue weighted by Crippen LogP contribution is 2.17. The first kappa shape index (κ1) is 51.4. The Balaban J connectivity index is 3.49. The standard InChI is InChI=1S/C47H95NO4/c1-3-5-7-9-11-13-15-17-18-19-20-21-22-23-24-25-26-27-28-29-30-32-34-36-38-40-42-46(51)47(52)48-44(43-49)45(50)41-39-37-35-33-31-16-14-12-10-8-6-4-2/h44-46,49-51H,3-43H2,1-2H3,(H,48,52). The number of carbonyl (C=O) groups is 1. The second-order valence-corrected chi connectivity index (χ2v) is 16.7. The Morgan fingerprint density at radius 1 is 0.385 bits per heavy atom. The Morgan fingerprint density at radius 2 is 0.615 bits per heavy atom. The fourth-order valence-corrected chi connectivity index (χ4v) is 7.72. The molecule has 0 spiro atoms. The van der Waals surface area contributed by atoms with Crippen molar-refractivity contribution in [1.82, 2.24) is 5.32 Å². The zero-order chi connectivity index (χ0) is 38.0. The Hall–Kier alpha value is -0.650. The molecular formula is C47H95NO4. The Morgan fingerprint density at radius 3 is 0.865 bits per heavy atom. The number of rotatable bonds is 44. The van der Waals surface area contributed by atoms with E-state index in [0.717, 1.165) is 32.1 Å². The minimum atomic E-state index is -1.07. The second kappa shape index (κ2) is 43.1. The molecule has 3 unspecified atom stereocenters. The Kier molecular flexibility index (Phi) is 42.5. The van der Waals surface area contributed by atoms with Gasteiger partial charge in [0.05, 0.1) is 18.8 Å². The first-order valence-electron chi connectivity index (χ1n) is 23.8. The maximum atomic E-state index is 12.5. The Labute approximate surface area is 326 Å². The molecule has 0 fully saturated rings. The number of unbranched alkanes of at least 4 members (excludes halogenated alkanes) is 36. The number of carbonyl (C=O) groups excluding carboxylic acids is 1. The summed E-state index contributed by atoms with van der Waals surface area (Å²) in [6, 6.07) is -0.705. The summed E-state index contributed by atoms with van der Waals surface area (Å²) in [6.45, 7) is 4.25. The summed E-state index contributed by atoms with van der Waals surface area (Å²) in [5.74, 6) is -0.465. The number of hydrogen-bond acceptors (Lipinski definition) is 4. The number of amides is 1. The molecule has 3 atom stereocenters. The summed E-state index contributed by atoms with van der Waals surface area (Å²) in [5, 5.41) is 33.3. The predicted octanol–water partition coefficient (Wildman–Crippen LogP) is 13.8. The quantitative estimate of drug-likeness (QED) is 0.0469. The van der Waals surface area contributed by atoms with Gasteiger partial charge in [0.2, 0.25) is 5.91 Å². The van der Waals surface area contributed by atoms with Crippen molar-refractivity contribution in [2.45, 2.75) is 289 Å². The van der Waals surface area contributed by atoms with Crippen LogP contribution in [0.4, 0.5) is 0 Å². The molecule has 0 aromatic rings. The van der Waals surface area contributed by atoms with E-state index in [-0.39, 0.29) is 6.61 Å². The van der Waals surface area contributed by atoms with E-state index in [2.05, 4.69) is 19.2 Å². The number of hydrogen-bond donors (Lipinski definition) is 4. The van der Waals surface area contributed by atoms with Crippen LogP contribution in [0.2, 0.25) is 0 Å². The molecule has 0 aliphatic rings. The highest BCUT2D eigenvalue weighted by Gasteiger charge is 2.23. The van der Waals surface area contributed by atoms with E-state index >= 15 is 0 Å². The molecule has 0 radical (unpaired) electrons. The molecule has 0 rings (SSSR count). The van der Waals surface area contributed by atoms with Gasteiger partial charge in [0.1, 0.15) is 6.10 Å². The highest BCUT2D eigenvalue weighted by atomic mass is 16.3. The van der Waals surface area contributed by atoms with Gasteiger partial charge in [-0.2, -0.15) is 0 Å². The van der Waals surface area contributed by atoms with E-state index in [1.54, 1.807) is 0 Å². The molecule has 5 nitrogen and oxygen atoms in total. The SMILES string of the molecule is CCCCCCCCCCCCCCCCCCCCCCCCCCCCC(O)C(=O)NC(CO)C(O)CCCCCCCCCCCCCC. The summed E-state index contributed by atoms with van der Waals surface area (Å²) in [4.78, 5) is 12.5. The highest BCUT2D eigenvalue weighted by molar-refractivity contribution is 5.80. The molecule has 0 aromatic heterocycles. The zero-order valence-electron chi connectivity index (χ0n) is 35.5. The third-order valence-electron chi connectivity index (χ3n) is 11.5. The maximum Gasteiger partial charge on any atom is 0.249 e. The van der Waals surface area contributed by atoms with Crippen LogP contribution in [-0.2, 0) is 4.79 Å². The summed E-state index contributed by atoms with van der Waals surface area (Å²) in [7, 11) is 0. The lowest BCUT2D eigenvalue weighted by Gasteiger charge is -2.23. The molecule has 0 heterocycles. The molecule has 0 aliphatic carbocycles. The van der Waals surface area contributed by atoms with Crippen molar-refractivity contribution in [3.63, 3.8) is 0 Å². The van der Waals surface area contributed by atoms with Gasteiger partial charge in [-0.3, -0.25) is 4.79 Å². The molecule has 1 amide bonds. The molecule has 312 valence electrons. The van der Waals surface area contributed by atoms with Crippen LogP contribution in [0, 0.1) is 0 Å². The summed E-state index contributed by atoms with van der Waals surface area (Å²) in [5.41, 5.74) is 0. The molecule has 0 aromatic carbocycles. The van der Waals surface area contributed by atoms with Crippen molar-refractivity contribution in [3.8, 4) is 0 Å². The van der Waals surface area contributed by atoms with Crippen molar-refractivity contribution < 1.29 is 20.1 Å². The zero-order valence-corrected chi connectivity index (χ0v) is 35.5.